The normalized spacial score (nSPS) is 12.0. The molecule has 0 saturated heterocycles. The van der Waals surface area contributed by atoms with Crippen LogP contribution in [0.5, 0.6) is 11.5 Å². The fourth-order valence-electron chi connectivity index (χ4n) is 1.82. The lowest BCUT2D eigenvalue weighted by Gasteiger charge is -2.14. The zero-order chi connectivity index (χ0) is 15.2. The topological polar surface area (TPSA) is 38.7 Å². The van der Waals surface area contributed by atoms with Crippen molar-refractivity contribution in [1.82, 2.24) is 0 Å². The number of ether oxygens (including phenoxy) is 2. The number of halogens is 2. The summed E-state index contributed by atoms with van der Waals surface area (Å²) in [7, 11) is 0. The van der Waals surface area contributed by atoms with Crippen LogP contribution in [-0.2, 0) is 0 Å². The molecular weight excluding hydrogens is 400 g/mol. The third kappa shape index (κ3) is 5.02. The van der Waals surface area contributed by atoms with Gasteiger partial charge in [0.1, 0.15) is 24.7 Å². The fraction of sp³-hybridized carbons (Fsp3) is 0.250. The Balaban J connectivity index is 1.88. The molecule has 2 rings (SSSR count). The Morgan fingerprint density at radius 1 is 0.952 bits per heavy atom. The second-order valence-corrected chi connectivity index (χ2v) is 6.34. The Morgan fingerprint density at radius 3 is 2.24 bits per heavy atom. The number of hydrogen-bond donors (Lipinski definition) is 1. The predicted molar refractivity (Wildman–Crippen MR) is 89.9 cm³/mol. The number of rotatable bonds is 6. The first kappa shape index (κ1) is 16.3. The van der Waals surface area contributed by atoms with Gasteiger partial charge in [-0.2, -0.15) is 0 Å². The molecule has 0 amide bonds. The standard InChI is InChI=1S/C16H16Br2O3/c1-11(19)15-7-4-13(18)10-16(15)21-9-8-20-14-5-2-12(17)3-6-14/h2-7,10-11,19H,8-9H2,1H3/t11-/m0/s1. The van der Waals surface area contributed by atoms with Crippen LogP contribution in [-0.4, -0.2) is 18.3 Å². The van der Waals surface area contributed by atoms with E-state index in [-0.39, 0.29) is 0 Å². The van der Waals surface area contributed by atoms with E-state index in [9.17, 15) is 5.11 Å². The largest absolute Gasteiger partial charge is 0.490 e. The van der Waals surface area contributed by atoms with Crippen LogP contribution in [0.15, 0.2) is 51.4 Å². The minimum absolute atomic E-state index is 0.409. The highest BCUT2D eigenvalue weighted by Crippen LogP contribution is 2.28. The predicted octanol–water partition coefficient (Wildman–Crippen LogP) is 4.72. The number of aliphatic hydroxyl groups excluding tert-OH is 1. The van der Waals surface area contributed by atoms with Crippen molar-refractivity contribution in [3.05, 3.63) is 57.0 Å². The zero-order valence-corrected chi connectivity index (χ0v) is 14.7. The monoisotopic (exact) mass is 414 g/mol. The third-order valence-electron chi connectivity index (χ3n) is 2.85. The first-order chi connectivity index (χ1) is 10.1. The molecule has 0 unspecified atom stereocenters. The Labute approximate surface area is 141 Å². The third-order valence-corrected chi connectivity index (χ3v) is 3.87. The molecule has 1 N–H and O–H groups in total. The molecule has 0 spiro atoms. The molecule has 112 valence electrons. The van der Waals surface area contributed by atoms with Gasteiger partial charge in [0, 0.05) is 14.5 Å². The quantitative estimate of drug-likeness (QED) is 0.693. The summed E-state index contributed by atoms with van der Waals surface area (Å²) >= 11 is 6.78. The summed E-state index contributed by atoms with van der Waals surface area (Å²) in [5.74, 6) is 1.46. The van der Waals surface area contributed by atoms with Gasteiger partial charge in [0.2, 0.25) is 0 Å². The molecule has 0 fully saturated rings. The number of hydrogen-bond acceptors (Lipinski definition) is 3. The summed E-state index contributed by atoms with van der Waals surface area (Å²) in [6, 6.07) is 13.2. The molecule has 0 aliphatic carbocycles. The molecule has 0 radical (unpaired) electrons. The van der Waals surface area contributed by atoms with Crippen LogP contribution in [0.3, 0.4) is 0 Å². The van der Waals surface area contributed by atoms with Crippen molar-refractivity contribution >= 4 is 31.9 Å². The average molecular weight is 416 g/mol. The summed E-state index contributed by atoms with van der Waals surface area (Å²) < 4.78 is 13.2. The molecule has 0 heterocycles. The number of benzene rings is 2. The van der Waals surface area contributed by atoms with Gasteiger partial charge in [-0.25, -0.2) is 0 Å². The molecule has 21 heavy (non-hydrogen) atoms. The van der Waals surface area contributed by atoms with Crippen LogP contribution in [0.4, 0.5) is 0 Å². The molecule has 2 aromatic carbocycles. The highest BCUT2D eigenvalue weighted by molar-refractivity contribution is 9.10. The Hall–Kier alpha value is -1.04. The highest BCUT2D eigenvalue weighted by atomic mass is 79.9. The van der Waals surface area contributed by atoms with E-state index in [0.29, 0.717) is 19.0 Å². The van der Waals surface area contributed by atoms with Crippen LogP contribution in [0.2, 0.25) is 0 Å². The SMILES string of the molecule is C[C@H](O)c1ccc(Br)cc1OCCOc1ccc(Br)cc1. The van der Waals surface area contributed by atoms with Crippen molar-refractivity contribution in [3.8, 4) is 11.5 Å². The molecule has 0 saturated carbocycles. The van der Waals surface area contributed by atoms with E-state index < -0.39 is 6.10 Å². The Morgan fingerprint density at radius 2 is 1.57 bits per heavy atom. The van der Waals surface area contributed by atoms with Gasteiger partial charge >= 0.3 is 0 Å². The van der Waals surface area contributed by atoms with Crippen molar-refractivity contribution in [2.45, 2.75) is 13.0 Å². The van der Waals surface area contributed by atoms with Gasteiger partial charge in [-0.15, -0.1) is 0 Å². The van der Waals surface area contributed by atoms with Gasteiger partial charge in [-0.3, -0.25) is 0 Å². The summed E-state index contributed by atoms with van der Waals surface area (Å²) in [6.07, 6.45) is -0.569. The van der Waals surface area contributed by atoms with E-state index in [1.54, 1.807) is 6.92 Å². The first-order valence-electron chi connectivity index (χ1n) is 6.55. The van der Waals surface area contributed by atoms with Crippen LogP contribution in [0.1, 0.15) is 18.6 Å². The average Bonchev–Trinajstić information content (AvgIpc) is 2.45. The maximum absolute atomic E-state index is 9.72. The molecular formula is C16H16Br2O3. The molecule has 0 aliphatic heterocycles. The Kier molecular flexibility index (Phi) is 6.08. The van der Waals surface area contributed by atoms with E-state index in [1.807, 2.05) is 42.5 Å². The second-order valence-electron chi connectivity index (χ2n) is 4.51. The van der Waals surface area contributed by atoms with Crippen molar-refractivity contribution < 1.29 is 14.6 Å². The van der Waals surface area contributed by atoms with Crippen molar-refractivity contribution in [3.63, 3.8) is 0 Å². The van der Waals surface area contributed by atoms with Crippen LogP contribution >= 0.6 is 31.9 Å². The summed E-state index contributed by atoms with van der Waals surface area (Å²) in [5, 5.41) is 9.72. The lowest BCUT2D eigenvalue weighted by Crippen LogP contribution is -2.10. The van der Waals surface area contributed by atoms with Crippen molar-refractivity contribution in [2.75, 3.05) is 13.2 Å². The van der Waals surface area contributed by atoms with Gasteiger partial charge in [0.15, 0.2) is 0 Å². The molecule has 0 bridgehead atoms. The summed E-state index contributed by atoms with van der Waals surface area (Å²) in [4.78, 5) is 0. The molecule has 5 heteroatoms. The summed E-state index contributed by atoms with van der Waals surface area (Å²) in [5.41, 5.74) is 0.766. The fourth-order valence-corrected chi connectivity index (χ4v) is 2.42. The zero-order valence-electron chi connectivity index (χ0n) is 11.6. The first-order valence-corrected chi connectivity index (χ1v) is 8.13. The van der Waals surface area contributed by atoms with E-state index in [0.717, 1.165) is 20.3 Å². The molecule has 0 aromatic heterocycles. The van der Waals surface area contributed by atoms with E-state index in [2.05, 4.69) is 31.9 Å². The molecule has 2 aromatic rings. The smallest absolute Gasteiger partial charge is 0.126 e. The van der Waals surface area contributed by atoms with Crippen LogP contribution in [0, 0.1) is 0 Å². The van der Waals surface area contributed by atoms with Gasteiger partial charge in [-0.05, 0) is 43.3 Å². The molecule has 1 atom stereocenters. The van der Waals surface area contributed by atoms with Crippen molar-refractivity contribution in [2.24, 2.45) is 0 Å². The lowest BCUT2D eigenvalue weighted by atomic mass is 10.1. The van der Waals surface area contributed by atoms with E-state index in [4.69, 9.17) is 9.47 Å². The Bertz CT molecular complexity index is 583. The lowest BCUT2D eigenvalue weighted by molar-refractivity contribution is 0.182. The van der Waals surface area contributed by atoms with Crippen LogP contribution in [0.25, 0.3) is 0 Å². The van der Waals surface area contributed by atoms with Crippen molar-refractivity contribution in [1.29, 1.82) is 0 Å². The van der Waals surface area contributed by atoms with E-state index >= 15 is 0 Å². The maximum Gasteiger partial charge on any atom is 0.126 e. The summed E-state index contributed by atoms with van der Waals surface area (Å²) in [6.45, 7) is 2.56. The van der Waals surface area contributed by atoms with Gasteiger partial charge in [0.05, 0.1) is 6.10 Å². The second kappa shape index (κ2) is 7.82. The minimum Gasteiger partial charge on any atom is -0.490 e. The number of aliphatic hydroxyl groups is 1. The molecule has 0 aliphatic rings. The van der Waals surface area contributed by atoms with Gasteiger partial charge in [-0.1, -0.05) is 37.9 Å². The van der Waals surface area contributed by atoms with Crippen LogP contribution < -0.4 is 9.47 Å². The molecule has 3 nitrogen and oxygen atoms in total. The van der Waals surface area contributed by atoms with Gasteiger partial charge < -0.3 is 14.6 Å². The maximum atomic E-state index is 9.72. The van der Waals surface area contributed by atoms with Gasteiger partial charge in [0.25, 0.3) is 0 Å². The minimum atomic E-state index is -0.569. The van der Waals surface area contributed by atoms with E-state index in [1.165, 1.54) is 0 Å². The highest BCUT2D eigenvalue weighted by Gasteiger charge is 2.09.